The Balaban J connectivity index is 1.94. The van der Waals surface area contributed by atoms with Crippen LogP contribution in [0.5, 0.6) is 0 Å². The third-order valence-corrected chi connectivity index (χ3v) is 6.23. The van der Waals surface area contributed by atoms with Crippen molar-refractivity contribution in [2.24, 2.45) is 17.8 Å². The maximum Gasteiger partial charge on any atom is 0.0101 e. The van der Waals surface area contributed by atoms with Crippen molar-refractivity contribution in [2.75, 3.05) is 6.54 Å². The van der Waals surface area contributed by atoms with E-state index < -0.39 is 0 Å². The van der Waals surface area contributed by atoms with Crippen LogP contribution in [0.25, 0.3) is 0 Å². The van der Waals surface area contributed by atoms with Gasteiger partial charge in [-0.3, -0.25) is 0 Å². The zero-order chi connectivity index (χ0) is 14.9. The summed E-state index contributed by atoms with van der Waals surface area (Å²) in [5, 5.41) is 3.97. The molecule has 3 unspecified atom stereocenters. The van der Waals surface area contributed by atoms with Gasteiger partial charge in [-0.05, 0) is 43.6 Å². The largest absolute Gasteiger partial charge is 0.314 e. The molecule has 0 aromatic heterocycles. The first-order valence-electron chi connectivity index (χ1n) is 10.1. The molecular formula is C20H39N. The lowest BCUT2D eigenvalue weighted by Gasteiger charge is -2.39. The van der Waals surface area contributed by atoms with E-state index in [2.05, 4.69) is 19.2 Å². The second-order valence-electron chi connectivity index (χ2n) is 7.77. The van der Waals surface area contributed by atoms with Gasteiger partial charge in [-0.25, -0.2) is 0 Å². The van der Waals surface area contributed by atoms with Gasteiger partial charge in [-0.2, -0.15) is 0 Å². The Morgan fingerprint density at radius 1 is 0.857 bits per heavy atom. The van der Waals surface area contributed by atoms with E-state index in [0.717, 1.165) is 23.8 Å². The van der Waals surface area contributed by atoms with Crippen molar-refractivity contribution in [1.82, 2.24) is 5.32 Å². The van der Waals surface area contributed by atoms with Crippen LogP contribution in [-0.4, -0.2) is 12.6 Å². The van der Waals surface area contributed by atoms with Crippen LogP contribution < -0.4 is 5.32 Å². The fourth-order valence-corrected chi connectivity index (χ4v) is 4.97. The molecule has 124 valence electrons. The monoisotopic (exact) mass is 293 g/mol. The minimum absolute atomic E-state index is 0.818. The predicted molar refractivity (Wildman–Crippen MR) is 93.6 cm³/mol. The van der Waals surface area contributed by atoms with Crippen molar-refractivity contribution >= 4 is 0 Å². The van der Waals surface area contributed by atoms with Crippen molar-refractivity contribution in [3.05, 3.63) is 0 Å². The zero-order valence-corrected chi connectivity index (χ0v) is 14.7. The van der Waals surface area contributed by atoms with Crippen molar-refractivity contribution in [3.63, 3.8) is 0 Å². The quantitative estimate of drug-likeness (QED) is 0.573. The first-order chi connectivity index (χ1) is 10.3. The Bertz CT molecular complexity index is 255. The van der Waals surface area contributed by atoms with Crippen molar-refractivity contribution < 1.29 is 0 Å². The van der Waals surface area contributed by atoms with Crippen LogP contribution in [0.2, 0.25) is 0 Å². The predicted octanol–water partition coefficient (Wildman–Crippen LogP) is 5.93. The molecule has 0 spiro atoms. The van der Waals surface area contributed by atoms with Crippen LogP contribution in [0, 0.1) is 17.8 Å². The maximum absolute atomic E-state index is 3.97. The Labute approximate surface area is 133 Å². The van der Waals surface area contributed by atoms with E-state index in [1.54, 1.807) is 0 Å². The summed E-state index contributed by atoms with van der Waals surface area (Å²) < 4.78 is 0. The Hall–Kier alpha value is -0.0400. The molecule has 3 atom stereocenters. The van der Waals surface area contributed by atoms with E-state index >= 15 is 0 Å². The summed E-state index contributed by atoms with van der Waals surface area (Å²) in [5.74, 6) is 2.98. The number of hydrogen-bond acceptors (Lipinski definition) is 1. The molecule has 1 N–H and O–H groups in total. The molecule has 2 aliphatic rings. The molecule has 0 radical (unpaired) electrons. The van der Waals surface area contributed by atoms with E-state index in [1.807, 2.05) is 0 Å². The Morgan fingerprint density at radius 2 is 1.52 bits per heavy atom. The van der Waals surface area contributed by atoms with Gasteiger partial charge in [-0.15, -0.1) is 0 Å². The molecule has 0 aromatic carbocycles. The molecule has 1 nitrogen and oxygen atoms in total. The van der Waals surface area contributed by atoms with Gasteiger partial charge in [0.25, 0.3) is 0 Å². The standard InChI is InChI=1S/C20H39N/c1-3-15-21-20(16-17-11-7-5-6-8-12-17)19-14-10-9-13-18(19)4-2/h17-21H,3-16H2,1-2H3. The molecule has 0 aliphatic heterocycles. The molecule has 1 heteroatoms. The van der Waals surface area contributed by atoms with Gasteiger partial charge in [0, 0.05) is 6.04 Å². The Morgan fingerprint density at radius 3 is 2.19 bits per heavy atom. The van der Waals surface area contributed by atoms with E-state index in [1.165, 1.54) is 90.0 Å². The summed E-state index contributed by atoms with van der Waals surface area (Å²) in [6, 6.07) is 0.818. The minimum Gasteiger partial charge on any atom is -0.314 e. The molecule has 2 fully saturated rings. The second-order valence-corrected chi connectivity index (χ2v) is 7.77. The van der Waals surface area contributed by atoms with Gasteiger partial charge in [0.05, 0.1) is 0 Å². The molecule has 0 bridgehead atoms. The third kappa shape index (κ3) is 5.58. The highest BCUT2D eigenvalue weighted by Crippen LogP contribution is 2.38. The fraction of sp³-hybridized carbons (Fsp3) is 1.00. The number of rotatable bonds is 7. The van der Waals surface area contributed by atoms with E-state index in [-0.39, 0.29) is 0 Å². The average molecular weight is 294 g/mol. The van der Waals surface area contributed by atoms with Crippen LogP contribution in [0.3, 0.4) is 0 Å². The lowest BCUT2D eigenvalue weighted by molar-refractivity contribution is 0.153. The van der Waals surface area contributed by atoms with Gasteiger partial charge in [-0.1, -0.05) is 78.1 Å². The third-order valence-electron chi connectivity index (χ3n) is 6.23. The van der Waals surface area contributed by atoms with E-state index in [4.69, 9.17) is 0 Å². The lowest BCUT2D eigenvalue weighted by atomic mass is 9.71. The molecule has 2 saturated carbocycles. The van der Waals surface area contributed by atoms with Crippen LogP contribution >= 0.6 is 0 Å². The molecular weight excluding hydrogens is 254 g/mol. The summed E-state index contributed by atoms with van der Waals surface area (Å²) in [7, 11) is 0. The first-order valence-corrected chi connectivity index (χ1v) is 10.1. The number of nitrogens with one attached hydrogen (secondary N) is 1. The first kappa shape index (κ1) is 17.3. The second kappa shape index (κ2) is 9.87. The summed E-state index contributed by atoms with van der Waals surface area (Å²) in [6.07, 6.45) is 19.1. The van der Waals surface area contributed by atoms with Gasteiger partial charge in [0.15, 0.2) is 0 Å². The molecule has 0 aromatic rings. The maximum atomic E-state index is 3.97. The minimum atomic E-state index is 0.818. The van der Waals surface area contributed by atoms with Crippen LogP contribution in [-0.2, 0) is 0 Å². The molecule has 21 heavy (non-hydrogen) atoms. The topological polar surface area (TPSA) is 12.0 Å². The van der Waals surface area contributed by atoms with E-state index in [9.17, 15) is 0 Å². The zero-order valence-electron chi connectivity index (χ0n) is 14.7. The van der Waals surface area contributed by atoms with Gasteiger partial charge in [0.2, 0.25) is 0 Å². The van der Waals surface area contributed by atoms with Crippen LogP contribution in [0.4, 0.5) is 0 Å². The van der Waals surface area contributed by atoms with Crippen LogP contribution in [0.15, 0.2) is 0 Å². The summed E-state index contributed by atoms with van der Waals surface area (Å²) >= 11 is 0. The lowest BCUT2D eigenvalue weighted by Crippen LogP contribution is -2.42. The molecule has 0 amide bonds. The molecule has 2 rings (SSSR count). The fourth-order valence-electron chi connectivity index (χ4n) is 4.97. The van der Waals surface area contributed by atoms with Crippen molar-refractivity contribution in [3.8, 4) is 0 Å². The van der Waals surface area contributed by atoms with Gasteiger partial charge >= 0.3 is 0 Å². The van der Waals surface area contributed by atoms with Crippen molar-refractivity contribution in [1.29, 1.82) is 0 Å². The molecule has 0 heterocycles. The highest BCUT2D eigenvalue weighted by Gasteiger charge is 2.31. The smallest absolute Gasteiger partial charge is 0.0101 e. The Kier molecular flexibility index (Phi) is 8.14. The summed E-state index contributed by atoms with van der Waals surface area (Å²) in [5.41, 5.74) is 0. The SMILES string of the molecule is CCCNC(CC1CCCCCC1)C1CCCCC1CC. The summed E-state index contributed by atoms with van der Waals surface area (Å²) in [6.45, 7) is 5.96. The number of hydrogen-bond donors (Lipinski definition) is 1. The van der Waals surface area contributed by atoms with Gasteiger partial charge < -0.3 is 5.32 Å². The van der Waals surface area contributed by atoms with Crippen LogP contribution in [0.1, 0.15) is 97.3 Å². The highest BCUT2D eigenvalue weighted by molar-refractivity contribution is 4.86. The highest BCUT2D eigenvalue weighted by atomic mass is 14.9. The summed E-state index contributed by atoms with van der Waals surface area (Å²) in [4.78, 5) is 0. The van der Waals surface area contributed by atoms with Gasteiger partial charge in [0.1, 0.15) is 0 Å². The van der Waals surface area contributed by atoms with Crippen molar-refractivity contribution in [2.45, 2.75) is 103 Å². The molecule has 0 saturated heterocycles. The average Bonchev–Trinajstić information content (AvgIpc) is 2.80. The normalized spacial score (nSPS) is 30.0. The van der Waals surface area contributed by atoms with E-state index in [0.29, 0.717) is 0 Å². The molecule has 2 aliphatic carbocycles.